The van der Waals surface area contributed by atoms with Crippen LogP contribution in [0.5, 0.6) is 0 Å². The number of nitrogens with zero attached hydrogens (tertiary/aromatic N) is 2. The highest BCUT2D eigenvalue weighted by atomic mass is 32.2. The molecule has 80 valence electrons. The largest absolute Gasteiger partial charge is 0.337 e. The molecule has 3 N–H and O–H groups in total. The van der Waals surface area contributed by atoms with Crippen LogP contribution >= 0.6 is 0 Å². The van der Waals surface area contributed by atoms with E-state index in [0.717, 1.165) is 5.82 Å². The van der Waals surface area contributed by atoms with Gasteiger partial charge in [0.05, 0.1) is 12.3 Å². The minimum absolute atomic E-state index is 0.0581. The summed E-state index contributed by atoms with van der Waals surface area (Å²) in [6, 6.07) is 0. The Balaban J connectivity index is 2.26. The van der Waals surface area contributed by atoms with Crippen molar-refractivity contribution in [3.63, 3.8) is 0 Å². The molecule has 1 aromatic heterocycles. The number of rotatable bonds is 5. The molecule has 0 amide bonds. The first-order valence-corrected chi connectivity index (χ1v) is 5.88. The van der Waals surface area contributed by atoms with Crippen molar-refractivity contribution < 1.29 is 8.42 Å². The molecule has 1 aromatic rings. The lowest BCUT2D eigenvalue weighted by atomic mass is 10.5. The van der Waals surface area contributed by atoms with Gasteiger partial charge in [0, 0.05) is 26.0 Å². The number of sulfonamides is 1. The lowest BCUT2D eigenvalue weighted by Gasteiger charge is -2.03. The average molecular weight is 218 g/mol. The molecule has 0 bridgehead atoms. The lowest BCUT2D eigenvalue weighted by molar-refractivity contribution is 0.589. The van der Waals surface area contributed by atoms with E-state index in [1.165, 1.54) is 0 Å². The van der Waals surface area contributed by atoms with Crippen LogP contribution in [-0.4, -0.2) is 30.3 Å². The SMILES string of the molecule is Cn1ccnc1CNCCS(N)(=O)=O. The maximum Gasteiger partial charge on any atom is 0.210 e. The standard InChI is InChI=1S/C7H14N4O2S/c1-11-4-2-10-7(11)6-9-3-5-14(8,12)13/h2,4,9H,3,5-6H2,1H3,(H2,8,12,13). The summed E-state index contributed by atoms with van der Waals surface area (Å²) in [4.78, 5) is 4.07. The van der Waals surface area contributed by atoms with Gasteiger partial charge in [0.25, 0.3) is 0 Å². The number of aryl methyl sites for hydroxylation is 1. The zero-order valence-corrected chi connectivity index (χ0v) is 8.79. The quantitative estimate of drug-likeness (QED) is 0.607. The van der Waals surface area contributed by atoms with Gasteiger partial charge in [-0.05, 0) is 0 Å². The van der Waals surface area contributed by atoms with Crippen molar-refractivity contribution in [1.29, 1.82) is 0 Å². The van der Waals surface area contributed by atoms with Crippen LogP contribution in [0.25, 0.3) is 0 Å². The van der Waals surface area contributed by atoms with E-state index >= 15 is 0 Å². The topological polar surface area (TPSA) is 90.0 Å². The summed E-state index contributed by atoms with van der Waals surface area (Å²) < 4.78 is 23.0. The maximum atomic E-state index is 10.6. The van der Waals surface area contributed by atoms with Gasteiger partial charge in [-0.2, -0.15) is 0 Å². The van der Waals surface area contributed by atoms with E-state index in [4.69, 9.17) is 5.14 Å². The molecule has 0 fully saturated rings. The molecule has 1 rings (SSSR count). The molecule has 0 aliphatic rings. The normalized spacial score (nSPS) is 11.9. The summed E-state index contributed by atoms with van der Waals surface area (Å²) in [6.07, 6.45) is 3.52. The molecule has 0 aliphatic carbocycles. The van der Waals surface area contributed by atoms with Gasteiger partial charge < -0.3 is 9.88 Å². The first-order chi connectivity index (χ1) is 6.49. The third kappa shape index (κ3) is 3.86. The molecule has 0 spiro atoms. The molecule has 0 saturated heterocycles. The van der Waals surface area contributed by atoms with Crippen molar-refractivity contribution >= 4 is 10.0 Å². The number of hydrogen-bond acceptors (Lipinski definition) is 4. The van der Waals surface area contributed by atoms with Crippen LogP contribution in [0.3, 0.4) is 0 Å². The van der Waals surface area contributed by atoms with E-state index < -0.39 is 10.0 Å². The number of nitrogens with one attached hydrogen (secondary N) is 1. The van der Waals surface area contributed by atoms with Crippen LogP contribution in [0.1, 0.15) is 5.82 Å². The Hall–Kier alpha value is -0.920. The van der Waals surface area contributed by atoms with Crippen LogP contribution < -0.4 is 10.5 Å². The van der Waals surface area contributed by atoms with Gasteiger partial charge in [-0.25, -0.2) is 18.5 Å². The van der Waals surface area contributed by atoms with Crippen molar-refractivity contribution in [2.75, 3.05) is 12.3 Å². The number of imidazole rings is 1. The number of hydrogen-bond donors (Lipinski definition) is 2. The van der Waals surface area contributed by atoms with Crippen LogP contribution in [0.2, 0.25) is 0 Å². The number of primary sulfonamides is 1. The highest BCUT2D eigenvalue weighted by molar-refractivity contribution is 7.89. The van der Waals surface area contributed by atoms with Crippen molar-refractivity contribution in [2.24, 2.45) is 12.2 Å². The van der Waals surface area contributed by atoms with Crippen LogP contribution in [0.15, 0.2) is 12.4 Å². The van der Waals surface area contributed by atoms with Crippen molar-refractivity contribution in [1.82, 2.24) is 14.9 Å². The Labute approximate surface area is 83.2 Å². The fourth-order valence-electron chi connectivity index (χ4n) is 0.981. The number of aromatic nitrogens is 2. The van der Waals surface area contributed by atoms with E-state index in [9.17, 15) is 8.42 Å². The lowest BCUT2D eigenvalue weighted by Crippen LogP contribution is -2.27. The molecule has 6 nitrogen and oxygen atoms in total. The third-order valence-corrected chi connectivity index (χ3v) is 2.54. The fourth-order valence-corrected chi connectivity index (χ4v) is 1.41. The van der Waals surface area contributed by atoms with Gasteiger partial charge in [0.15, 0.2) is 0 Å². The highest BCUT2D eigenvalue weighted by Crippen LogP contribution is 1.92. The Kier molecular flexibility index (Phi) is 3.62. The van der Waals surface area contributed by atoms with E-state index in [0.29, 0.717) is 13.1 Å². The average Bonchev–Trinajstić information content (AvgIpc) is 2.44. The minimum Gasteiger partial charge on any atom is -0.337 e. The number of nitrogens with two attached hydrogens (primary N) is 1. The van der Waals surface area contributed by atoms with Gasteiger partial charge in [-0.15, -0.1) is 0 Å². The van der Waals surface area contributed by atoms with Gasteiger partial charge in [0.2, 0.25) is 10.0 Å². The second-order valence-electron chi connectivity index (χ2n) is 3.00. The second kappa shape index (κ2) is 4.54. The molecule has 0 aromatic carbocycles. The molecule has 0 atom stereocenters. The molecular formula is C7H14N4O2S. The summed E-state index contributed by atoms with van der Waals surface area (Å²) in [7, 11) is -1.49. The minimum atomic E-state index is -3.37. The summed E-state index contributed by atoms with van der Waals surface area (Å²) in [5.41, 5.74) is 0. The smallest absolute Gasteiger partial charge is 0.210 e. The molecule has 0 saturated carbocycles. The first-order valence-electron chi connectivity index (χ1n) is 4.16. The van der Waals surface area contributed by atoms with Crippen LogP contribution in [0, 0.1) is 0 Å². The van der Waals surface area contributed by atoms with E-state index in [1.807, 2.05) is 17.8 Å². The Morgan fingerprint density at radius 3 is 2.86 bits per heavy atom. The van der Waals surface area contributed by atoms with Crippen molar-refractivity contribution in [3.05, 3.63) is 18.2 Å². The van der Waals surface area contributed by atoms with Crippen LogP contribution in [-0.2, 0) is 23.6 Å². The van der Waals surface area contributed by atoms with E-state index in [-0.39, 0.29) is 5.75 Å². The maximum absolute atomic E-state index is 10.6. The van der Waals surface area contributed by atoms with Gasteiger partial charge in [0.1, 0.15) is 5.82 Å². The summed E-state index contributed by atoms with van der Waals surface area (Å²) in [5.74, 6) is 0.802. The molecule has 0 aliphatic heterocycles. The van der Waals surface area contributed by atoms with Gasteiger partial charge >= 0.3 is 0 Å². The Morgan fingerprint density at radius 2 is 2.36 bits per heavy atom. The summed E-state index contributed by atoms with van der Waals surface area (Å²) in [5, 5.41) is 7.78. The molecular weight excluding hydrogens is 204 g/mol. The second-order valence-corrected chi connectivity index (χ2v) is 4.73. The van der Waals surface area contributed by atoms with Gasteiger partial charge in [-0.3, -0.25) is 0 Å². The highest BCUT2D eigenvalue weighted by Gasteiger charge is 2.02. The molecule has 1 heterocycles. The monoisotopic (exact) mass is 218 g/mol. The third-order valence-electron chi connectivity index (χ3n) is 1.77. The molecule has 7 heteroatoms. The fraction of sp³-hybridized carbons (Fsp3) is 0.571. The van der Waals surface area contributed by atoms with Crippen LogP contribution in [0.4, 0.5) is 0 Å². The van der Waals surface area contributed by atoms with Crippen molar-refractivity contribution in [3.8, 4) is 0 Å². The zero-order valence-electron chi connectivity index (χ0n) is 7.97. The van der Waals surface area contributed by atoms with Gasteiger partial charge in [-0.1, -0.05) is 0 Å². The summed E-state index contributed by atoms with van der Waals surface area (Å²) >= 11 is 0. The summed E-state index contributed by atoms with van der Waals surface area (Å²) in [6.45, 7) is 0.880. The predicted octanol–water partition coefficient (Wildman–Crippen LogP) is -1.20. The van der Waals surface area contributed by atoms with E-state index in [2.05, 4.69) is 10.3 Å². The molecule has 14 heavy (non-hydrogen) atoms. The van der Waals surface area contributed by atoms with E-state index in [1.54, 1.807) is 6.20 Å². The predicted molar refractivity (Wildman–Crippen MR) is 52.9 cm³/mol. The Bertz CT molecular complexity index is 384. The zero-order chi connectivity index (χ0) is 10.6. The van der Waals surface area contributed by atoms with Crippen molar-refractivity contribution in [2.45, 2.75) is 6.54 Å². The first kappa shape index (κ1) is 11.2. The Morgan fingerprint density at radius 1 is 1.64 bits per heavy atom. The molecule has 0 unspecified atom stereocenters. The molecule has 0 radical (unpaired) electrons.